The van der Waals surface area contributed by atoms with Crippen molar-refractivity contribution in [3.8, 4) is 0 Å². The maximum Gasteiger partial charge on any atom is 0.270 e. The zero-order valence-electron chi connectivity index (χ0n) is 15.6. The number of fused-ring (bicyclic) bond motifs is 1. The Morgan fingerprint density at radius 3 is 2.96 bits per heavy atom. The first-order chi connectivity index (χ1) is 13.6. The predicted octanol–water partition coefficient (Wildman–Crippen LogP) is 1.34. The second-order valence-corrected chi connectivity index (χ2v) is 7.33. The Balaban J connectivity index is 1.60. The zero-order valence-corrected chi connectivity index (χ0v) is 15.6. The number of rotatable bonds is 4. The van der Waals surface area contributed by atoms with E-state index in [2.05, 4.69) is 15.6 Å². The molecule has 1 aromatic carbocycles. The van der Waals surface area contributed by atoms with Gasteiger partial charge in [0.15, 0.2) is 0 Å². The summed E-state index contributed by atoms with van der Waals surface area (Å²) >= 11 is 0. The minimum atomic E-state index is -0.712. The number of ether oxygens (including phenoxy) is 1. The lowest BCUT2D eigenvalue weighted by atomic mass is 9.94. The standard InChI is InChI=1S/C21H24FN3O3/c22-15-3-1-13(2-4-15)9-14-10-18(24-19-11-23-7-5-16(14)19)21(27)25-17-6-8-28-12-20(17)26/h1-4,10,17,20,23,26H,5-9,11-12H2,(H,25,27)/t17-,20-/m1/s1. The van der Waals surface area contributed by atoms with Gasteiger partial charge < -0.3 is 20.5 Å². The number of carbonyl (C=O) groups is 1. The van der Waals surface area contributed by atoms with Gasteiger partial charge in [0.2, 0.25) is 0 Å². The third kappa shape index (κ3) is 4.22. The predicted molar refractivity (Wildman–Crippen MR) is 102 cm³/mol. The number of hydrogen-bond acceptors (Lipinski definition) is 5. The van der Waals surface area contributed by atoms with Crippen molar-refractivity contribution in [3.05, 3.63) is 64.2 Å². The molecule has 4 rings (SSSR count). The van der Waals surface area contributed by atoms with Gasteiger partial charge >= 0.3 is 0 Å². The fourth-order valence-corrected chi connectivity index (χ4v) is 3.78. The number of benzene rings is 1. The zero-order chi connectivity index (χ0) is 19.5. The summed E-state index contributed by atoms with van der Waals surface area (Å²) < 4.78 is 18.4. The molecule has 0 radical (unpaired) electrons. The molecule has 2 aliphatic heterocycles. The molecule has 0 spiro atoms. The average Bonchev–Trinajstić information content (AvgIpc) is 2.71. The normalized spacial score (nSPS) is 21.8. The summed E-state index contributed by atoms with van der Waals surface area (Å²) in [5.74, 6) is -0.556. The van der Waals surface area contributed by atoms with Crippen molar-refractivity contribution >= 4 is 5.91 Å². The van der Waals surface area contributed by atoms with Crippen LogP contribution >= 0.6 is 0 Å². The molecule has 1 amide bonds. The van der Waals surface area contributed by atoms with Crippen LogP contribution in [0, 0.1) is 5.82 Å². The Bertz CT molecular complexity index is 857. The molecule has 7 heteroatoms. The Hall–Kier alpha value is -2.35. The van der Waals surface area contributed by atoms with E-state index in [0.29, 0.717) is 31.7 Å². The summed E-state index contributed by atoms with van der Waals surface area (Å²) in [6.45, 7) is 2.22. The number of aliphatic hydroxyl groups excluding tert-OH is 1. The lowest BCUT2D eigenvalue weighted by Gasteiger charge is -2.28. The van der Waals surface area contributed by atoms with Crippen molar-refractivity contribution in [2.45, 2.75) is 38.0 Å². The number of amides is 1. The van der Waals surface area contributed by atoms with Crippen molar-refractivity contribution in [1.29, 1.82) is 0 Å². The van der Waals surface area contributed by atoms with E-state index < -0.39 is 6.10 Å². The average molecular weight is 385 g/mol. The van der Waals surface area contributed by atoms with Crippen LogP contribution in [0.15, 0.2) is 30.3 Å². The molecule has 0 unspecified atom stereocenters. The highest BCUT2D eigenvalue weighted by atomic mass is 19.1. The third-order valence-electron chi connectivity index (χ3n) is 5.33. The van der Waals surface area contributed by atoms with E-state index in [1.807, 2.05) is 6.07 Å². The number of nitrogens with zero attached hydrogens (tertiary/aromatic N) is 1. The molecule has 3 N–H and O–H groups in total. The van der Waals surface area contributed by atoms with Crippen LogP contribution in [-0.4, -0.2) is 47.9 Å². The number of halogens is 1. The van der Waals surface area contributed by atoms with E-state index in [9.17, 15) is 14.3 Å². The largest absolute Gasteiger partial charge is 0.389 e. The Labute approximate surface area is 163 Å². The molecule has 0 saturated carbocycles. The fraction of sp³-hybridized carbons (Fsp3) is 0.429. The lowest BCUT2D eigenvalue weighted by molar-refractivity contribution is -0.0261. The molecular weight excluding hydrogens is 361 g/mol. The Kier molecular flexibility index (Phi) is 5.66. The van der Waals surface area contributed by atoms with Gasteiger partial charge in [0.1, 0.15) is 11.5 Å². The van der Waals surface area contributed by atoms with Gasteiger partial charge in [-0.1, -0.05) is 12.1 Å². The number of aliphatic hydroxyl groups is 1. The van der Waals surface area contributed by atoms with Gasteiger partial charge in [-0.05, 0) is 60.7 Å². The van der Waals surface area contributed by atoms with Crippen LogP contribution in [0.1, 0.15) is 39.3 Å². The van der Waals surface area contributed by atoms with Gasteiger partial charge in [0.05, 0.1) is 24.4 Å². The molecule has 0 aliphatic carbocycles. The van der Waals surface area contributed by atoms with Gasteiger partial charge in [0, 0.05) is 13.2 Å². The first-order valence-electron chi connectivity index (χ1n) is 9.63. The van der Waals surface area contributed by atoms with Crippen molar-refractivity contribution in [1.82, 2.24) is 15.6 Å². The number of hydrogen-bond donors (Lipinski definition) is 3. The number of carbonyl (C=O) groups excluding carboxylic acids is 1. The number of nitrogens with one attached hydrogen (secondary N) is 2. The Morgan fingerprint density at radius 1 is 1.36 bits per heavy atom. The van der Waals surface area contributed by atoms with Crippen molar-refractivity contribution in [2.24, 2.45) is 0 Å². The van der Waals surface area contributed by atoms with Crippen LogP contribution in [0.3, 0.4) is 0 Å². The van der Waals surface area contributed by atoms with E-state index >= 15 is 0 Å². The highest BCUT2D eigenvalue weighted by Gasteiger charge is 2.27. The highest BCUT2D eigenvalue weighted by Crippen LogP contribution is 2.22. The molecular formula is C21H24FN3O3. The molecule has 28 heavy (non-hydrogen) atoms. The molecule has 0 bridgehead atoms. The fourth-order valence-electron chi connectivity index (χ4n) is 3.78. The molecule has 6 nitrogen and oxygen atoms in total. The summed E-state index contributed by atoms with van der Waals surface area (Å²) in [5, 5.41) is 16.2. The molecule has 148 valence electrons. The monoisotopic (exact) mass is 385 g/mol. The minimum Gasteiger partial charge on any atom is -0.389 e. The second kappa shape index (κ2) is 8.34. The summed E-state index contributed by atoms with van der Waals surface area (Å²) in [6.07, 6.45) is 1.32. The molecule has 2 atom stereocenters. The van der Waals surface area contributed by atoms with E-state index in [-0.39, 0.29) is 24.4 Å². The van der Waals surface area contributed by atoms with Crippen LogP contribution in [0.25, 0.3) is 0 Å². The smallest absolute Gasteiger partial charge is 0.270 e. The minimum absolute atomic E-state index is 0.225. The van der Waals surface area contributed by atoms with Gasteiger partial charge in [-0.2, -0.15) is 0 Å². The Morgan fingerprint density at radius 2 is 2.18 bits per heavy atom. The van der Waals surface area contributed by atoms with E-state index in [1.165, 1.54) is 12.1 Å². The molecule has 1 saturated heterocycles. The van der Waals surface area contributed by atoms with Crippen LogP contribution in [0.4, 0.5) is 4.39 Å². The van der Waals surface area contributed by atoms with E-state index in [0.717, 1.165) is 35.3 Å². The van der Waals surface area contributed by atoms with Gasteiger partial charge in [-0.3, -0.25) is 4.79 Å². The maximum absolute atomic E-state index is 13.2. The molecule has 2 aromatic rings. The molecule has 1 fully saturated rings. The summed E-state index contributed by atoms with van der Waals surface area (Å²) in [5.41, 5.74) is 4.41. The van der Waals surface area contributed by atoms with Crippen LogP contribution in [0.2, 0.25) is 0 Å². The third-order valence-corrected chi connectivity index (χ3v) is 5.33. The first-order valence-corrected chi connectivity index (χ1v) is 9.63. The van der Waals surface area contributed by atoms with Gasteiger partial charge in [-0.25, -0.2) is 9.37 Å². The van der Waals surface area contributed by atoms with Crippen molar-refractivity contribution in [2.75, 3.05) is 19.8 Å². The molecule has 3 heterocycles. The topological polar surface area (TPSA) is 83.5 Å². The van der Waals surface area contributed by atoms with E-state index in [1.54, 1.807) is 12.1 Å². The molecule has 2 aliphatic rings. The van der Waals surface area contributed by atoms with Crippen LogP contribution in [0.5, 0.6) is 0 Å². The SMILES string of the molecule is O=C(N[C@@H]1CCOC[C@H]1O)c1cc(Cc2ccc(F)cc2)c2c(n1)CNCC2. The van der Waals surface area contributed by atoms with Crippen LogP contribution in [-0.2, 0) is 24.1 Å². The van der Waals surface area contributed by atoms with Crippen molar-refractivity contribution < 1.29 is 19.0 Å². The first kappa shape index (κ1) is 19.0. The summed E-state index contributed by atoms with van der Waals surface area (Å²) in [6, 6.07) is 7.92. The maximum atomic E-state index is 13.2. The van der Waals surface area contributed by atoms with Crippen LogP contribution < -0.4 is 10.6 Å². The highest BCUT2D eigenvalue weighted by molar-refractivity contribution is 5.93. The van der Waals surface area contributed by atoms with E-state index in [4.69, 9.17) is 4.74 Å². The summed E-state index contributed by atoms with van der Waals surface area (Å²) in [4.78, 5) is 17.4. The lowest BCUT2D eigenvalue weighted by Crippen LogP contribution is -2.49. The quantitative estimate of drug-likeness (QED) is 0.740. The number of aromatic nitrogens is 1. The van der Waals surface area contributed by atoms with Gasteiger partial charge in [-0.15, -0.1) is 0 Å². The van der Waals surface area contributed by atoms with Gasteiger partial charge in [0.25, 0.3) is 5.91 Å². The summed E-state index contributed by atoms with van der Waals surface area (Å²) in [7, 11) is 0. The molecule has 1 aromatic heterocycles. The number of pyridine rings is 1. The second-order valence-electron chi connectivity index (χ2n) is 7.33. The van der Waals surface area contributed by atoms with Crippen molar-refractivity contribution in [3.63, 3.8) is 0 Å².